The Morgan fingerprint density at radius 3 is 2.58 bits per heavy atom. The van der Waals surface area contributed by atoms with Gasteiger partial charge < -0.3 is 10.2 Å². The van der Waals surface area contributed by atoms with Crippen LogP contribution in [0.5, 0.6) is 0 Å². The van der Waals surface area contributed by atoms with E-state index >= 15 is 0 Å². The zero-order valence-electron chi connectivity index (χ0n) is 13.4. The first kappa shape index (κ1) is 15.3. The van der Waals surface area contributed by atoms with Crippen molar-refractivity contribution in [1.29, 1.82) is 0 Å². The van der Waals surface area contributed by atoms with Crippen molar-refractivity contribution in [3.05, 3.63) is 0 Å². The van der Waals surface area contributed by atoms with Crippen molar-refractivity contribution in [2.45, 2.75) is 64.6 Å². The molecule has 2 bridgehead atoms. The predicted octanol–water partition coefficient (Wildman–Crippen LogP) is 2.18. The van der Waals surface area contributed by atoms with E-state index in [1.165, 1.54) is 45.3 Å². The molecular formula is C16H33N3. The van der Waals surface area contributed by atoms with Gasteiger partial charge in [0.25, 0.3) is 0 Å². The summed E-state index contributed by atoms with van der Waals surface area (Å²) in [7, 11) is 2.34. The lowest BCUT2D eigenvalue weighted by molar-refractivity contribution is 0.187. The van der Waals surface area contributed by atoms with Crippen LogP contribution in [0, 0.1) is 5.92 Å². The number of hydrogen-bond donors (Lipinski definition) is 1. The van der Waals surface area contributed by atoms with Gasteiger partial charge >= 0.3 is 0 Å². The van der Waals surface area contributed by atoms with Crippen molar-refractivity contribution < 1.29 is 0 Å². The number of likely N-dealkylation sites (N-methyl/N-ethyl adjacent to an activating group) is 2. The minimum atomic E-state index is 0.664. The first-order valence-corrected chi connectivity index (χ1v) is 8.33. The Hall–Kier alpha value is -0.120. The molecule has 4 atom stereocenters. The van der Waals surface area contributed by atoms with Gasteiger partial charge in [0.2, 0.25) is 0 Å². The molecule has 19 heavy (non-hydrogen) atoms. The summed E-state index contributed by atoms with van der Waals surface area (Å²) >= 11 is 0. The van der Waals surface area contributed by atoms with Crippen LogP contribution in [0.15, 0.2) is 0 Å². The first-order chi connectivity index (χ1) is 9.15. The predicted molar refractivity (Wildman–Crippen MR) is 82.5 cm³/mol. The van der Waals surface area contributed by atoms with Gasteiger partial charge in [-0.05, 0) is 45.3 Å². The van der Waals surface area contributed by atoms with Gasteiger partial charge in [0.05, 0.1) is 0 Å². The van der Waals surface area contributed by atoms with Crippen LogP contribution in [0.3, 0.4) is 0 Å². The summed E-state index contributed by atoms with van der Waals surface area (Å²) in [5, 5.41) is 3.70. The van der Waals surface area contributed by atoms with Crippen LogP contribution in [0.25, 0.3) is 0 Å². The molecule has 2 saturated heterocycles. The molecule has 2 aliphatic heterocycles. The topological polar surface area (TPSA) is 18.5 Å². The zero-order valence-corrected chi connectivity index (χ0v) is 13.4. The van der Waals surface area contributed by atoms with Gasteiger partial charge in [-0.1, -0.05) is 27.2 Å². The summed E-state index contributed by atoms with van der Waals surface area (Å²) < 4.78 is 0. The molecule has 2 rings (SSSR count). The fourth-order valence-electron chi connectivity index (χ4n) is 3.82. The van der Waals surface area contributed by atoms with E-state index in [1.54, 1.807) is 0 Å². The van der Waals surface area contributed by atoms with Gasteiger partial charge in [-0.3, -0.25) is 4.90 Å². The van der Waals surface area contributed by atoms with Crippen molar-refractivity contribution >= 4 is 0 Å². The molecule has 0 aromatic rings. The van der Waals surface area contributed by atoms with E-state index in [1.807, 2.05) is 0 Å². The van der Waals surface area contributed by atoms with E-state index in [0.29, 0.717) is 6.04 Å². The van der Waals surface area contributed by atoms with Crippen molar-refractivity contribution in [3.8, 4) is 0 Å². The third kappa shape index (κ3) is 3.71. The molecule has 2 fully saturated rings. The average Bonchev–Trinajstić information content (AvgIpc) is 2.65. The Labute approximate surface area is 119 Å². The number of likely N-dealkylation sites (tertiary alicyclic amines) is 1. The fraction of sp³-hybridized carbons (Fsp3) is 1.00. The SMILES string of the molecule is CCNC(CN1CCC2CCC(C1)N2C)C(C)CC. The van der Waals surface area contributed by atoms with E-state index < -0.39 is 0 Å². The number of nitrogens with one attached hydrogen (secondary N) is 1. The van der Waals surface area contributed by atoms with Gasteiger partial charge in [-0.2, -0.15) is 0 Å². The second kappa shape index (κ2) is 7.05. The number of fused-ring (bicyclic) bond motifs is 2. The van der Waals surface area contributed by atoms with E-state index in [9.17, 15) is 0 Å². The zero-order chi connectivity index (χ0) is 13.8. The minimum absolute atomic E-state index is 0.664. The first-order valence-electron chi connectivity index (χ1n) is 8.33. The molecule has 0 aromatic carbocycles. The van der Waals surface area contributed by atoms with Gasteiger partial charge in [-0.25, -0.2) is 0 Å². The Kier molecular flexibility index (Phi) is 5.67. The summed E-state index contributed by atoms with van der Waals surface area (Å²) in [6.45, 7) is 11.8. The van der Waals surface area contributed by atoms with E-state index in [0.717, 1.165) is 24.5 Å². The molecule has 0 spiro atoms. The van der Waals surface area contributed by atoms with E-state index in [2.05, 4.69) is 42.9 Å². The number of hydrogen-bond acceptors (Lipinski definition) is 3. The van der Waals surface area contributed by atoms with Crippen molar-refractivity contribution in [2.75, 3.05) is 33.2 Å². The Morgan fingerprint density at radius 2 is 1.89 bits per heavy atom. The number of nitrogens with zero attached hydrogens (tertiary/aromatic N) is 2. The summed E-state index contributed by atoms with van der Waals surface area (Å²) in [4.78, 5) is 5.37. The lowest BCUT2D eigenvalue weighted by Crippen LogP contribution is -2.47. The quantitative estimate of drug-likeness (QED) is 0.796. The second-order valence-electron chi connectivity index (χ2n) is 6.65. The van der Waals surface area contributed by atoms with Gasteiger partial charge in [0, 0.05) is 31.2 Å². The Bertz CT molecular complexity index is 269. The fourth-order valence-corrected chi connectivity index (χ4v) is 3.82. The molecule has 0 amide bonds. The smallest absolute Gasteiger partial charge is 0.0223 e. The molecule has 3 nitrogen and oxygen atoms in total. The molecule has 0 radical (unpaired) electrons. The summed E-state index contributed by atoms with van der Waals surface area (Å²) in [5.74, 6) is 0.776. The molecule has 2 aliphatic rings. The van der Waals surface area contributed by atoms with E-state index in [4.69, 9.17) is 0 Å². The van der Waals surface area contributed by atoms with E-state index in [-0.39, 0.29) is 0 Å². The molecule has 3 heteroatoms. The lowest BCUT2D eigenvalue weighted by atomic mass is 9.98. The van der Waals surface area contributed by atoms with Crippen LogP contribution < -0.4 is 5.32 Å². The van der Waals surface area contributed by atoms with Crippen LogP contribution in [-0.2, 0) is 0 Å². The molecule has 4 unspecified atom stereocenters. The van der Waals surface area contributed by atoms with Crippen LogP contribution in [0.4, 0.5) is 0 Å². The maximum atomic E-state index is 3.70. The third-order valence-electron chi connectivity index (χ3n) is 5.48. The van der Waals surface area contributed by atoms with Crippen molar-refractivity contribution in [1.82, 2.24) is 15.1 Å². The van der Waals surface area contributed by atoms with Crippen LogP contribution in [0.2, 0.25) is 0 Å². The summed E-state index contributed by atoms with van der Waals surface area (Å²) in [5.41, 5.74) is 0. The Morgan fingerprint density at radius 1 is 1.16 bits per heavy atom. The maximum Gasteiger partial charge on any atom is 0.0223 e. The largest absolute Gasteiger partial charge is 0.313 e. The molecule has 2 heterocycles. The normalized spacial score (nSPS) is 32.2. The highest BCUT2D eigenvalue weighted by Crippen LogP contribution is 2.28. The van der Waals surface area contributed by atoms with Crippen LogP contribution in [-0.4, -0.2) is 61.2 Å². The molecular weight excluding hydrogens is 234 g/mol. The highest BCUT2D eigenvalue weighted by Gasteiger charge is 2.35. The van der Waals surface area contributed by atoms with Gasteiger partial charge in [-0.15, -0.1) is 0 Å². The summed E-state index contributed by atoms with van der Waals surface area (Å²) in [6.07, 6.45) is 5.48. The monoisotopic (exact) mass is 267 g/mol. The average molecular weight is 267 g/mol. The van der Waals surface area contributed by atoms with Crippen LogP contribution in [0.1, 0.15) is 46.5 Å². The molecule has 0 saturated carbocycles. The molecule has 0 aromatic heterocycles. The molecule has 1 N–H and O–H groups in total. The summed E-state index contributed by atoms with van der Waals surface area (Å²) in [6, 6.07) is 2.33. The Balaban J connectivity index is 1.90. The van der Waals surface area contributed by atoms with Gasteiger partial charge in [0.1, 0.15) is 0 Å². The minimum Gasteiger partial charge on any atom is -0.313 e. The highest BCUT2D eigenvalue weighted by molar-refractivity contribution is 4.92. The highest BCUT2D eigenvalue weighted by atomic mass is 15.3. The van der Waals surface area contributed by atoms with Gasteiger partial charge in [0.15, 0.2) is 0 Å². The maximum absolute atomic E-state index is 3.70. The van der Waals surface area contributed by atoms with Crippen molar-refractivity contribution in [2.24, 2.45) is 5.92 Å². The molecule has 112 valence electrons. The molecule has 0 aliphatic carbocycles. The van der Waals surface area contributed by atoms with Crippen LogP contribution >= 0.6 is 0 Å². The third-order valence-corrected chi connectivity index (χ3v) is 5.48. The second-order valence-corrected chi connectivity index (χ2v) is 6.65. The lowest BCUT2D eigenvalue weighted by Gasteiger charge is -2.32. The van der Waals surface area contributed by atoms with Crippen molar-refractivity contribution in [3.63, 3.8) is 0 Å². The number of rotatable bonds is 6. The standard InChI is InChI=1S/C16H33N3/c1-5-13(3)16(17-6-2)12-19-10-9-14-7-8-15(11-19)18(14)4/h13-17H,5-12H2,1-4H3.